The Morgan fingerprint density at radius 2 is 1.67 bits per heavy atom. The van der Waals surface area contributed by atoms with Crippen molar-refractivity contribution in [2.45, 2.75) is 33.0 Å². The molecule has 0 fully saturated rings. The largest absolute Gasteiger partial charge is 0.451 e. The molecule has 0 aliphatic carbocycles. The summed E-state index contributed by atoms with van der Waals surface area (Å²) >= 11 is 0. The van der Waals surface area contributed by atoms with Crippen LogP contribution in [-0.4, -0.2) is 23.1 Å². The summed E-state index contributed by atoms with van der Waals surface area (Å²) in [4.78, 5) is 6.88. The fourth-order valence-electron chi connectivity index (χ4n) is 1.18. The maximum absolute atomic E-state index is 12.6. The van der Waals surface area contributed by atoms with Crippen LogP contribution < -0.4 is 10.6 Å². The minimum Gasteiger partial charge on any atom is -0.373 e. The Bertz CT molecular complexity index is 404. The highest BCUT2D eigenvalue weighted by Gasteiger charge is 2.35. The van der Waals surface area contributed by atoms with Crippen LogP contribution in [-0.2, 0) is 6.18 Å². The summed E-state index contributed by atoms with van der Waals surface area (Å²) in [6.07, 6.45) is -4.55. The molecule has 0 bridgehead atoms. The zero-order valence-electron chi connectivity index (χ0n) is 10.8. The number of nitrogens with zero attached hydrogens (tertiary/aromatic N) is 2. The average Bonchev–Trinajstić information content (AvgIpc) is 2.27. The Morgan fingerprint density at radius 1 is 1.11 bits per heavy atom. The first-order valence-electron chi connectivity index (χ1n) is 5.64. The van der Waals surface area contributed by atoms with Gasteiger partial charge in [0.05, 0.1) is 0 Å². The molecule has 0 radical (unpaired) electrons. The normalized spacial score (nSPS) is 13.6. The molecule has 1 rings (SSSR count). The lowest BCUT2D eigenvalue weighted by Gasteiger charge is -2.19. The van der Waals surface area contributed by atoms with Gasteiger partial charge in [0.1, 0.15) is 11.6 Å². The number of alkyl halides is 3. The van der Waals surface area contributed by atoms with Crippen LogP contribution in [0.25, 0.3) is 0 Å². The third-order valence-corrected chi connectivity index (χ3v) is 2.61. The van der Waals surface area contributed by atoms with Gasteiger partial charge in [0.15, 0.2) is 0 Å². The van der Waals surface area contributed by atoms with E-state index in [1.54, 1.807) is 0 Å². The fourth-order valence-corrected chi connectivity index (χ4v) is 1.18. The number of nitrogens with one attached hydrogen (secondary N) is 2. The van der Waals surface area contributed by atoms with E-state index in [0.29, 0.717) is 0 Å². The molecule has 1 unspecified atom stereocenters. The zero-order chi connectivity index (χ0) is 13.9. The molecule has 1 heterocycles. The number of halogens is 3. The van der Waals surface area contributed by atoms with Gasteiger partial charge < -0.3 is 10.6 Å². The van der Waals surface area contributed by atoms with Crippen molar-refractivity contribution in [1.29, 1.82) is 0 Å². The second-order valence-corrected chi connectivity index (χ2v) is 4.39. The number of anilines is 2. The van der Waals surface area contributed by atoms with Gasteiger partial charge >= 0.3 is 6.18 Å². The highest BCUT2D eigenvalue weighted by atomic mass is 19.4. The first kappa shape index (κ1) is 14.5. The minimum absolute atomic E-state index is 0.0192. The fraction of sp³-hybridized carbons (Fsp3) is 0.636. The SMILES string of the molecule is CNc1cc(NC(C)C(C)C)nc(C(F)(F)F)n1. The van der Waals surface area contributed by atoms with Crippen LogP contribution in [0, 0.1) is 5.92 Å². The second-order valence-electron chi connectivity index (χ2n) is 4.39. The summed E-state index contributed by atoms with van der Waals surface area (Å²) in [5.74, 6) is -0.557. The van der Waals surface area contributed by atoms with E-state index in [1.165, 1.54) is 13.1 Å². The van der Waals surface area contributed by atoms with Crippen LogP contribution in [0.2, 0.25) is 0 Å². The van der Waals surface area contributed by atoms with E-state index in [2.05, 4.69) is 20.6 Å². The number of aromatic nitrogens is 2. The lowest BCUT2D eigenvalue weighted by molar-refractivity contribution is -0.144. The van der Waals surface area contributed by atoms with Crippen LogP contribution in [0.3, 0.4) is 0 Å². The molecule has 7 heteroatoms. The Hall–Kier alpha value is -1.53. The standard InChI is InChI=1S/C11H17F3N4/c1-6(2)7(3)16-9-5-8(15-4)17-10(18-9)11(12,13)14/h5-7H,1-4H3,(H2,15,16,17,18). The molecule has 1 aromatic rings. The van der Waals surface area contributed by atoms with Crippen molar-refractivity contribution < 1.29 is 13.2 Å². The maximum atomic E-state index is 12.6. The smallest absolute Gasteiger partial charge is 0.373 e. The summed E-state index contributed by atoms with van der Waals surface area (Å²) in [6.45, 7) is 5.84. The molecule has 0 aromatic carbocycles. The highest BCUT2D eigenvalue weighted by molar-refractivity contribution is 5.48. The second kappa shape index (κ2) is 5.41. The predicted molar refractivity (Wildman–Crippen MR) is 64.5 cm³/mol. The Balaban J connectivity index is 3.05. The molecule has 18 heavy (non-hydrogen) atoms. The molecule has 0 spiro atoms. The first-order chi connectivity index (χ1) is 8.24. The highest BCUT2D eigenvalue weighted by Crippen LogP contribution is 2.28. The Kier molecular flexibility index (Phi) is 4.37. The van der Waals surface area contributed by atoms with Crippen molar-refractivity contribution in [3.63, 3.8) is 0 Å². The predicted octanol–water partition coefficient (Wildman–Crippen LogP) is 2.99. The quantitative estimate of drug-likeness (QED) is 0.875. The van der Waals surface area contributed by atoms with Crippen LogP contribution in [0.1, 0.15) is 26.6 Å². The van der Waals surface area contributed by atoms with Crippen molar-refractivity contribution in [3.05, 3.63) is 11.9 Å². The molecule has 0 aliphatic rings. The summed E-state index contributed by atoms with van der Waals surface area (Å²) in [7, 11) is 1.51. The Morgan fingerprint density at radius 3 is 2.11 bits per heavy atom. The average molecular weight is 262 g/mol. The zero-order valence-corrected chi connectivity index (χ0v) is 10.8. The molecule has 0 aliphatic heterocycles. The monoisotopic (exact) mass is 262 g/mol. The van der Waals surface area contributed by atoms with Gasteiger partial charge in [0.2, 0.25) is 5.82 Å². The molecule has 0 amide bonds. The van der Waals surface area contributed by atoms with E-state index in [9.17, 15) is 13.2 Å². The van der Waals surface area contributed by atoms with Crippen LogP contribution in [0.5, 0.6) is 0 Å². The summed E-state index contributed by atoms with van der Waals surface area (Å²) in [6, 6.07) is 1.47. The van der Waals surface area contributed by atoms with E-state index in [0.717, 1.165) is 0 Å². The van der Waals surface area contributed by atoms with Gasteiger partial charge in [-0.15, -0.1) is 0 Å². The van der Waals surface area contributed by atoms with E-state index in [4.69, 9.17) is 0 Å². The summed E-state index contributed by atoms with van der Waals surface area (Å²) < 4.78 is 37.8. The van der Waals surface area contributed by atoms with Gasteiger partial charge in [-0.25, -0.2) is 9.97 Å². The van der Waals surface area contributed by atoms with E-state index >= 15 is 0 Å². The molecule has 1 aromatic heterocycles. The van der Waals surface area contributed by atoms with Gasteiger partial charge in [-0.05, 0) is 12.8 Å². The van der Waals surface area contributed by atoms with Crippen molar-refractivity contribution in [2.75, 3.05) is 17.7 Å². The van der Waals surface area contributed by atoms with E-state index < -0.39 is 12.0 Å². The van der Waals surface area contributed by atoms with Crippen LogP contribution in [0.15, 0.2) is 6.07 Å². The van der Waals surface area contributed by atoms with E-state index in [-0.39, 0.29) is 23.6 Å². The molecule has 1 atom stereocenters. The molecule has 102 valence electrons. The number of hydrogen-bond donors (Lipinski definition) is 2. The molecular formula is C11H17F3N4. The van der Waals surface area contributed by atoms with Crippen molar-refractivity contribution in [2.24, 2.45) is 5.92 Å². The van der Waals surface area contributed by atoms with Gasteiger partial charge in [-0.2, -0.15) is 13.2 Å². The van der Waals surface area contributed by atoms with Gasteiger partial charge in [0, 0.05) is 19.2 Å². The molecule has 0 saturated carbocycles. The van der Waals surface area contributed by atoms with E-state index in [1.807, 2.05) is 20.8 Å². The van der Waals surface area contributed by atoms with Crippen LogP contribution in [0.4, 0.5) is 24.8 Å². The van der Waals surface area contributed by atoms with Crippen molar-refractivity contribution in [1.82, 2.24) is 9.97 Å². The van der Waals surface area contributed by atoms with Gasteiger partial charge in [-0.3, -0.25) is 0 Å². The van der Waals surface area contributed by atoms with Gasteiger partial charge in [-0.1, -0.05) is 13.8 Å². The molecular weight excluding hydrogens is 245 g/mol. The number of rotatable bonds is 4. The molecule has 4 nitrogen and oxygen atoms in total. The van der Waals surface area contributed by atoms with Crippen molar-refractivity contribution >= 4 is 11.6 Å². The lowest BCUT2D eigenvalue weighted by atomic mass is 10.1. The third-order valence-electron chi connectivity index (χ3n) is 2.61. The van der Waals surface area contributed by atoms with Gasteiger partial charge in [0.25, 0.3) is 0 Å². The third kappa shape index (κ3) is 3.75. The summed E-state index contributed by atoms with van der Waals surface area (Å²) in [5.41, 5.74) is 0. The minimum atomic E-state index is -4.55. The van der Waals surface area contributed by atoms with Crippen LogP contribution >= 0.6 is 0 Å². The van der Waals surface area contributed by atoms with Crippen molar-refractivity contribution in [3.8, 4) is 0 Å². The topological polar surface area (TPSA) is 49.8 Å². The molecule has 2 N–H and O–H groups in total. The number of hydrogen-bond acceptors (Lipinski definition) is 4. The first-order valence-corrected chi connectivity index (χ1v) is 5.64. The maximum Gasteiger partial charge on any atom is 0.451 e. The molecule has 0 saturated heterocycles. The summed E-state index contributed by atoms with van der Waals surface area (Å²) in [5, 5.41) is 5.53. The lowest BCUT2D eigenvalue weighted by Crippen LogP contribution is -2.23. The Labute approximate surface area is 104 Å².